The minimum absolute atomic E-state index is 0.229. The number of hydrazone groups is 1. The third-order valence-corrected chi connectivity index (χ3v) is 2.52. The first-order valence-electron chi connectivity index (χ1n) is 3.31. The van der Waals surface area contributed by atoms with E-state index in [1.165, 1.54) is 0 Å². The Morgan fingerprint density at radius 2 is 2.20 bits per heavy atom. The average molecular weight is 206 g/mol. The van der Waals surface area contributed by atoms with Crippen LogP contribution in [0.25, 0.3) is 0 Å². The van der Waals surface area contributed by atoms with Gasteiger partial charge < -0.3 is 4.90 Å². The van der Waals surface area contributed by atoms with Gasteiger partial charge in [-0.3, -0.25) is 5.01 Å². The number of hydrogen-bond acceptors (Lipinski definition) is 3. The van der Waals surface area contributed by atoms with Crippen molar-refractivity contribution < 1.29 is 0 Å². The molecule has 0 saturated heterocycles. The first-order chi connectivity index (χ1) is 4.63. The van der Waals surface area contributed by atoms with Crippen molar-refractivity contribution in [1.82, 2.24) is 9.91 Å². The molecule has 1 heterocycles. The van der Waals surface area contributed by atoms with E-state index in [2.05, 4.69) is 34.9 Å². The van der Waals surface area contributed by atoms with Crippen molar-refractivity contribution in [2.45, 2.75) is 25.0 Å². The molecule has 0 radical (unpaired) electrons. The van der Waals surface area contributed by atoms with Gasteiger partial charge in [-0.15, -0.1) is 0 Å². The summed E-state index contributed by atoms with van der Waals surface area (Å²) < 4.78 is 0. The Balaban J connectivity index is 2.58. The topological polar surface area (TPSA) is 18.8 Å². The Labute approximate surface area is 69.8 Å². The van der Waals surface area contributed by atoms with Crippen LogP contribution in [0.5, 0.6) is 0 Å². The molecular formula is C6H12BrN3. The van der Waals surface area contributed by atoms with Gasteiger partial charge in [0.1, 0.15) is 6.34 Å². The van der Waals surface area contributed by atoms with Crippen molar-refractivity contribution in [3.05, 3.63) is 0 Å². The van der Waals surface area contributed by atoms with E-state index in [9.17, 15) is 0 Å². The van der Waals surface area contributed by atoms with Gasteiger partial charge in [0.05, 0.1) is 0 Å². The van der Waals surface area contributed by atoms with E-state index in [0.717, 1.165) is 0 Å². The zero-order valence-corrected chi connectivity index (χ0v) is 8.04. The summed E-state index contributed by atoms with van der Waals surface area (Å²) in [5, 5.41) is 6.41. The monoisotopic (exact) mass is 205 g/mol. The van der Waals surface area contributed by atoms with Crippen LogP contribution in [-0.4, -0.2) is 34.4 Å². The Morgan fingerprint density at radius 1 is 1.60 bits per heavy atom. The Bertz CT molecular complexity index is 146. The van der Waals surface area contributed by atoms with Crippen molar-refractivity contribution in [3.8, 4) is 0 Å². The maximum atomic E-state index is 4.18. The fourth-order valence-electron chi connectivity index (χ4n) is 0.817. The summed E-state index contributed by atoms with van der Waals surface area (Å²) in [5.41, 5.74) is 0. The molecule has 0 N–H and O–H groups in total. The van der Waals surface area contributed by atoms with Crippen LogP contribution in [0.3, 0.4) is 0 Å². The molecule has 3 nitrogen and oxygen atoms in total. The van der Waals surface area contributed by atoms with Crippen molar-refractivity contribution in [2.75, 3.05) is 7.05 Å². The van der Waals surface area contributed by atoms with E-state index < -0.39 is 0 Å². The maximum Gasteiger partial charge on any atom is 0.175 e. The zero-order chi connectivity index (χ0) is 7.72. The lowest BCUT2D eigenvalue weighted by Gasteiger charge is -2.25. The second-order valence-electron chi connectivity index (χ2n) is 2.68. The average Bonchev–Trinajstić information content (AvgIpc) is 2.14. The van der Waals surface area contributed by atoms with Gasteiger partial charge in [0.15, 0.2) is 5.08 Å². The Kier molecular flexibility index (Phi) is 2.18. The smallest absolute Gasteiger partial charge is 0.175 e. The number of nitrogens with zero attached hydrogens (tertiary/aromatic N) is 3. The van der Waals surface area contributed by atoms with Crippen LogP contribution in [0.2, 0.25) is 0 Å². The SMILES string of the molecule is CC(C)N1N=CN(C)C1Br. The van der Waals surface area contributed by atoms with Crippen LogP contribution in [0, 0.1) is 0 Å². The molecule has 1 aliphatic rings. The summed E-state index contributed by atoms with van der Waals surface area (Å²) in [7, 11) is 1.99. The summed E-state index contributed by atoms with van der Waals surface area (Å²) in [6, 6.07) is 0.450. The van der Waals surface area contributed by atoms with Gasteiger partial charge in [0.2, 0.25) is 0 Å². The molecule has 1 aliphatic heterocycles. The molecule has 0 aromatic heterocycles. The van der Waals surface area contributed by atoms with E-state index in [1.807, 2.05) is 23.3 Å². The molecule has 0 aromatic carbocycles. The highest BCUT2D eigenvalue weighted by molar-refractivity contribution is 9.09. The third-order valence-electron chi connectivity index (χ3n) is 1.45. The number of rotatable bonds is 1. The normalized spacial score (nSPS) is 25.1. The fraction of sp³-hybridized carbons (Fsp3) is 0.833. The Morgan fingerprint density at radius 3 is 2.40 bits per heavy atom. The molecule has 0 aromatic rings. The lowest BCUT2D eigenvalue weighted by molar-refractivity contribution is 0.185. The van der Waals surface area contributed by atoms with Gasteiger partial charge in [0.25, 0.3) is 0 Å². The van der Waals surface area contributed by atoms with Gasteiger partial charge in [-0.2, -0.15) is 5.10 Å². The molecule has 0 spiro atoms. The first kappa shape index (κ1) is 7.85. The van der Waals surface area contributed by atoms with Crippen molar-refractivity contribution in [2.24, 2.45) is 5.10 Å². The highest BCUT2D eigenvalue weighted by Gasteiger charge is 2.23. The quantitative estimate of drug-likeness (QED) is 0.475. The molecule has 1 unspecified atom stereocenters. The summed E-state index contributed by atoms with van der Waals surface area (Å²) >= 11 is 3.50. The minimum atomic E-state index is 0.229. The summed E-state index contributed by atoms with van der Waals surface area (Å²) in [6.45, 7) is 4.23. The highest BCUT2D eigenvalue weighted by atomic mass is 79.9. The van der Waals surface area contributed by atoms with E-state index >= 15 is 0 Å². The van der Waals surface area contributed by atoms with Crippen molar-refractivity contribution >= 4 is 22.3 Å². The maximum absolute atomic E-state index is 4.18. The molecule has 0 saturated carbocycles. The molecule has 0 amide bonds. The molecule has 1 rings (SSSR count). The van der Waals surface area contributed by atoms with Crippen LogP contribution >= 0.6 is 15.9 Å². The zero-order valence-electron chi connectivity index (χ0n) is 6.45. The molecule has 4 heteroatoms. The predicted molar refractivity (Wildman–Crippen MR) is 45.9 cm³/mol. The standard InChI is InChI=1S/C6H12BrN3/c1-5(2)10-6(7)9(3)4-8-10/h4-6H,1-3H3. The van der Waals surface area contributed by atoms with Gasteiger partial charge in [-0.1, -0.05) is 0 Å². The van der Waals surface area contributed by atoms with Gasteiger partial charge in [0, 0.05) is 13.1 Å². The number of halogens is 1. The third kappa shape index (κ3) is 1.26. The number of alkyl halides is 1. The van der Waals surface area contributed by atoms with Crippen LogP contribution in [0.1, 0.15) is 13.8 Å². The predicted octanol–water partition coefficient (Wildman–Crippen LogP) is 1.26. The molecule has 0 bridgehead atoms. The second kappa shape index (κ2) is 2.78. The van der Waals surface area contributed by atoms with Crippen molar-refractivity contribution in [1.29, 1.82) is 0 Å². The Hall–Kier alpha value is -0.250. The molecule has 58 valence electrons. The molecule has 0 fully saturated rings. The minimum Gasteiger partial charge on any atom is -0.334 e. The van der Waals surface area contributed by atoms with E-state index in [4.69, 9.17) is 0 Å². The highest BCUT2D eigenvalue weighted by Crippen LogP contribution is 2.18. The number of hydrogen-bond donors (Lipinski definition) is 0. The van der Waals surface area contributed by atoms with E-state index in [0.29, 0.717) is 6.04 Å². The lowest BCUT2D eigenvalue weighted by atomic mass is 10.4. The molecular weight excluding hydrogens is 194 g/mol. The van der Waals surface area contributed by atoms with Gasteiger partial charge in [-0.25, -0.2) is 0 Å². The fourth-order valence-corrected chi connectivity index (χ4v) is 1.50. The first-order valence-corrected chi connectivity index (χ1v) is 4.23. The van der Waals surface area contributed by atoms with Gasteiger partial charge >= 0.3 is 0 Å². The van der Waals surface area contributed by atoms with Crippen LogP contribution in [-0.2, 0) is 0 Å². The van der Waals surface area contributed by atoms with Crippen LogP contribution in [0.15, 0.2) is 5.10 Å². The summed E-state index contributed by atoms with van der Waals surface area (Å²) in [6.07, 6.45) is 1.82. The largest absolute Gasteiger partial charge is 0.334 e. The lowest BCUT2D eigenvalue weighted by Crippen LogP contribution is -2.35. The van der Waals surface area contributed by atoms with Gasteiger partial charge in [-0.05, 0) is 29.8 Å². The molecule has 0 aliphatic carbocycles. The van der Waals surface area contributed by atoms with E-state index in [1.54, 1.807) is 0 Å². The molecule has 10 heavy (non-hydrogen) atoms. The molecule has 1 atom stereocenters. The summed E-state index contributed by atoms with van der Waals surface area (Å²) in [5.74, 6) is 0. The van der Waals surface area contributed by atoms with E-state index in [-0.39, 0.29) is 5.08 Å². The second-order valence-corrected chi connectivity index (χ2v) is 3.50. The van der Waals surface area contributed by atoms with Crippen molar-refractivity contribution in [3.63, 3.8) is 0 Å². The summed E-state index contributed by atoms with van der Waals surface area (Å²) in [4.78, 5) is 2.01. The van der Waals surface area contributed by atoms with Crippen LogP contribution < -0.4 is 0 Å². The van der Waals surface area contributed by atoms with Crippen LogP contribution in [0.4, 0.5) is 0 Å².